The molecule has 5 unspecified atom stereocenters. The molecule has 1 aliphatic carbocycles. The normalized spacial score (nSPS) is 48.4. The van der Waals surface area contributed by atoms with Gasteiger partial charge in [-0.2, -0.15) is 15.0 Å². The van der Waals surface area contributed by atoms with Crippen LogP contribution in [-0.4, -0.2) is 25.2 Å². The van der Waals surface area contributed by atoms with Gasteiger partial charge in [0.2, 0.25) is 0 Å². The van der Waals surface area contributed by atoms with Crippen molar-refractivity contribution < 1.29 is 29.0 Å². The van der Waals surface area contributed by atoms with E-state index in [2.05, 4.69) is 0 Å². The molecule has 7 nitrogen and oxygen atoms in total. The second kappa shape index (κ2) is 4.74. The van der Waals surface area contributed by atoms with Gasteiger partial charge in [0.05, 0.1) is 0 Å². The fourth-order valence-electron chi connectivity index (χ4n) is 2.60. The molecule has 0 aromatic heterocycles. The van der Waals surface area contributed by atoms with Crippen LogP contribution < -0.4 is 0 Å². The summed E-state index contributed by atoms with van der Waals surface area (Å²) in [7, 11) is 0. The summed E-state index contributed by atoms with van der Waals surface area (Å²) in [5.41, 5.74) is 0. The highest BCUT2D eigenvalue weighted by Crippen LogP contribution is 2.41. The van der Waals surface area contributed by atoms with Crippen LogP contribution in [0.3, 0.4) is 0 Å². The molecule has 0 amide bonds. The van der Waals surface area contributed by atoms with E-state index in [9.17, 15) is 0 Å². The lowest BCUT2D eigenvalue weighted by atomic mass is 10.0. The zero-order chi connectivity index (χ0) is 12.6. The van der Waals surface area contributed by atoms with Crippen molar-refractivity contribution in [1.29, 1.82) is 5.26 Å². The molecule has 100 valence electrons. The third kappa shape index (κ3) is 2.23. The molecule has 0 radical (unpaired) electrons. The van der Waals surface area contributed by atoms with Crippen molar-refractivity contribution in [2.75, 3.05) is 6.79 Å². The average molecular weight is 257 g/mol. The molecule has 1 saturated carbocycles. The predicted molar refractivity (Wildman–Crippen MR) is 53.8 cm³/mol. The van der Waals surface area contributed by atoms with Crippen LogP contribution in [0.15, 0.2) is 0 Å². The van der Waals surface area contributed by atoms with Crippen molar-refractivity contribution >= 4 is 0 Å². The zero-order valence-electron chi connectivity index (χ0n) is 10.0. The van der Waals surface area contributed by atoms with Crippen LogP contribution >= 0.6 is 0 Å². The first-order chi connectivity index (χ1) is 8.70. The summed E-state index contributed by atoms with van der Waals surface area (Å²) in [5, 5.41) is 8.87. The molecule has 2 heterocycles. The fraction of sp³-hybridized carbons (Fsp3) is 0.909. The monoisotopic (exact) mass is 257 g/mol. The van der Waals surface area contributed by atoms with Gasteiger partial charge in [-0.15, -0.1) is 0 Å². The lowest BCUT2D eigenvalue weighted by Gasteiger charge is -2.17. The smallest absolute Gasteiger partial charge is 0.288 e. The summed E-state index contributed by atoms with van der Waals surface area (Å²) < 4.78 is 10.8. The first kappa shape index (κ1) is 12.3. The van der Waals surface area contributed by atoms with E-state index in [1.165, 1.54) is 6.92 Å². The number of rotatable bonds is 2. The van der Waals surface area contributed by atoms with Gasteiger partial charge in [-0.25, -0.2) is 9.78 Å². The van der Waals surface area contributed by atoms with Gasteiger partial charge in [0.15, 0.2) is 19.4 Å². The maximum absolute atomic E-state index is 8.87. The van der Waals surface area contributed by atoms with Crippen LogP contribution in [-0.2, 0) is 29.0 Å². The Kier molecular flexibility index (Phi) is 3.23. The molecule has 0 N–H and O–H groups in total. The van der Waals surface area contributed by atoms with Gasteiger partial charge in [0.1, 0.15) is 6.07 Å². The summed E-state index contributed by atoms with van der Waals surface area (Å²) in [5.74, 6) is -0.858. The van der Waals surface area contributed by atoms with Gasteiger partial charge in [0, 0.05) is 18.8 Å². The average Bonchev–Trinajstić information content (AvgIpc) is 3.09. The van der Waals surface area contributed by atoms with E-state index in [0.717, 1.165) is 19.3 Å². The van der Waals surface area contributed by atoms with Gasteiger partial charge in [-0.05, 0) is 19.3 Å². The molecule has 0 bridgehead atoms. The molecule has 2 saturated heterocycles. The van der Waals surface area contributed by atoms with Gasteiger partial charge in [-0.1, -0.05) is 0 Å². The Morgan fingerprint density at radius 3 is 2.56 bits per heavy atom. The van der Waals surface area contributed by atoms with E-state index < -0.39 is 12.1 Å². The standard InChI is InChI=1S/C11H15NO6/c1-11(5-12)15-10(17-18-11)8-3-2-7(4-8)9-13-6-14-16-9/h7-10H,2-4,6H2,1H3. The lowest BCUT2D eigenvalue weighted by Crippen LogP contribution is -2.27. The van der Waals surface area contributed by atoms with Crippen LogP contribution in [0.1, 0.15) is 26.2 Å². The van der Waals surface area contributed by atoms with Gasteiger partial charge < -0.3 is 9.47 Å². The van der Waals surface area contributed by atoms with Crippen LogP contribution in [0.2, 0.25) is 0 Å². The van der Waals surface area contributed by atoms with Crippen molar-refractivity contribution in [3.63, 3.8) is 0 Å². The maximum atomic E-state index is 8.87. The Bertz CT molecular complexity index is 352. The number of nitrogens with zero attached hydrogens (tertiary/aromatic N) is 1. The molecule has 7 heteroatoms. The summed E-state index contributed by atoms with van der Waals surface area (Å²) in [6.45, 7) is 1.72. The first-order valence-corrected chi connectivity index (χ1v) is 6.04. The Hall–Kier alpha value is -0.750. The third-order valence-electron chi connectivity index (χ3n) is 3.57. The summed E-state index contributed by atoms with van der Waals surface area (Å²) >= 11 is 0. The van der Waals surface area contributed by atoms with Crippen molar-refractivity contribution in [2.24, 2.45) is 11.8 Å². The Labute approximate surface area is 104 Å². The number of ether oxygens (including phenoxy) is 2. The molecule has 2 aliphatic heterocycles. The molecule has 3 fully saturated rings. The predicted octanol–water partition coefficient (Wildman–Crippen LogP) is 1.21. The minimum atomic E-state index is -1.30. The van der Waals surface area contributed by atoms with Gasteiger partial charge >= 0.3 is 0 Å². The van der Waals surface area contributed by atoms with E-state index in [0.29, 0.717) is 0 Å². The van der Waals surface area contributed by atoms with E-state index in [1.807, 2.05) is 6.07 Å². The van der Waals surface area contributed by atoms with Gasteiger partial charge in [0.25, 0.3) is 5.79 Å². The number of hydrogen-bond donors (Lipinski definition) is 0. The molecule has 3 aliphatic rings. The highest BCUT2D eigenvalue weighted by atomic mass is 17.3. The quantitative estimate of drug-likeness (QED) is 0.688. The minimum absolute atomic E-state index is 0.178. The summed E-state index contributed by atoms with van der Waals surface area (Å²) in [6.07, 6.45) is 1.90. The van der Waals surface area contributed by atoms with E-state index in [1.54, 1.807) is 0 Å². The topological polar surface area (TPSA) is 79.2 Å². The molecule has 0 aromatic carbocycles. The number of nitriles is 1. The Morgan fingerprint density at radius 1 is 1.17 bits per heavy atom. The largest absolute Gasteiger partial charge is 0.320 e. The zero-order valence-corrected chi connectivity index (χ0v) is 10.0. The van der Waals surface area contributed by atoms with E-state index >= 15 is 0 Å². The molecule has 5 atom stereocenters. The van der Waals surface area contributed by atoms with E-state index in [-0.39, 0.29) is 24.9 Å². The highest BCUT2D eigenvalue weighted by molar-refractivity contribution is 4.92. The molecule has 18 heavy (non-hydrogen) atoms. The maximum Gasteiger partial charge on any atom is 0.288 e. The van der Waals surface area contributed by atoms with Crippen molar-refractivity contribution in [3.8, 4) is 6.07 Å². The molecular formula is C11H15NO6. The fourth-order valence-corrected chi connectivity index (χ4v) is 2.60. The molecular weight excluding hydrogens is 242 g/mol. The Morgan fingerprint density at radius 2 is 1.94 bits per heavy atom. The summed E-state index contributed by atoms with van der Waals surface area (Å²) in [4.78, 5) is 19.8. The van der Waals surface area contributed by atoms with Crippen molar-refractivity contribution in [3.05, 3.63) is 0 Å². The number of hydrogen-bond acceptors (Lipinski definition) is 7. The Balaban J connectivity index is 1.55. The first-order valence-electron chi connectivity index (χ1n) is 6.04. The second-order valence-corrected chi connectivity index (χ2v) is 4.92. The highest BCUT2D eigenvalue weighted by Gasteiger charge is 2.47. The molecule has 3 rings (SSSR count). The molecule has 0 aromatic rings. The van der Waals surface area contributed by atoms with Crippen LogP contribution in [0.4, 0.5) is 0 Å². The second-order valence-electron chi connectivity index (χ2n) is 4.92. The van der Waals surface area contributed by atoms with Crippen LogP contribution in [0.25, 0.3) is 0 Å². The minimum Gasteiger partial charge on any atom is -0.320 e. The van der Waals surface area contributed by atoms with Crippen molar-refractivity contribution in [2.45, 2.75) is 44.6 Å². The van der Waals surface area contributed by atoms with Crippen LogP contribution in [0, 0.1) is 23.2 Å². The SMILES string of the molecule is CC1(C#N)OOC(C2CCC(C3OCOO3)C2)O1. The third-order valence-corrected chi connectivity index (χ3v) is 3.57. The lowest BCUT2D eigenvalue weighted by molar-refractivity contribution is -0.317. The van der Waals surface area contributed by atoms with E-state index in [4.69, 9.17) is 34.3 Å². The summed E-state index contributed by atoms with van der Waals surface area (Å²) in [6, 6.07) is 1.92. The molecule has 0 spiro atoms. The van der Waals surface area contributed by atoms with Crippen LogP contribution in [0.5, 0.6) is 0 Å². The van der Waals surface area contributed by atoms with Crippen molar-refractivity contribution in [1.82, 2.24) is 0 Å². The van der Waals surface area contributed by atoms with Gasteiger partial charge in [-0.3, -0.25) is 0 Å².